The largest absolute Gasteiger partial charge is 0.367 e. The molecule has 1 aliphatic heterocycles. The van der Waals surface area contributed by atoms with E-state index >= 15 is 0 Å². The van der Waals surface area contributed by atoms with Gasteiger partial charge < -0.3 is 10.6 Å². The van der Waals surface area contributed by atoms with Gasteiger partial charge in [-0.25, -0.2) is 4.98 Å². The van der Waals surface area contributed by atoms with Crippen LogP contribution in [0.25, 0.3) is 11.3 Å². The van der Waals surface area contributed by atoms with E-state index in [1.54, 1.807) is 18.3 Å². The molecule has 1 fully saturated rings. The van der Waals surface area contributed by atoms with Gasteiger partial charge in [0.15, 0.2) is 0 Å². The lowest BCUT2D eigenvalue weighted by Crippen LogP contribution is -2.35. The van der Waals surface area contributed by atoms with E-state index < -0.39 is 0 Å². The third kappa shape index (κ3) is 3.08. The van der Waals surface area contributed by atoms with Gasteiger partial charge in [0.2, 0.25) is 0 Å². The molecule has 0 amide bonds. The molecule has 2 aromatic rings. The van der Waals surface area contributed by atoms with E-state index in [0.29, 0.717) is 16.8 Å². The third-order valence-electron chi connectivity index (χ3n) is 3.43. The quantitative estimate of drug-likeness (QED) is 0.912. The Hall–Kier alpha value is -1.65. The number of nitrogens with one attached hydrogen (secondary N) is 2. The minimum absolute atomic E-state index is 0.230. The maximum atomic E-state index is 7.62. The molecule has 0 atom stereocenters. The van der Waals surface area contributed by atoms with Gasteiger partial charge in [-0.3, -0.25) is 4.98 Å². The highest BCUT2D eigenvalue weighted by Gasteiger charge is 2.14. The molecule has 1 saturated heterocycles. The second-order valence-corrected chi connectivity index (χ2v) is 5.28. The van der Waals surface area contributed by atoms with Crippen molar-refractivity contribution in [3.05, 3.63) is 41.7 Å². The molecule has 0 aliphatic carbocycles. The molecule has 0 bridgehead atoms. The van der Waals surface area contributed by atoms with E-state index in [9.17, 15) is 0 Å². The molecule has 4 nitrogen and oxygen atoms in total. The second-order valence-electron chi connectivity index (χ2n) is 4.87. The molecule has 1 aliphatic rings. The highest BCUT2D eigenvalue weighted by Crippen LogP contribution is 2.28. The van der Waals surface area contributed by atoms with Crippen LogP contribution in [-0.2, 0) is 0 Å². The van der Waals surface area contributed by atoms with Crippen molar-refractivity contribution < 1.29 is 1.37 Å². The molecule has 3 rings (SSSR count). The highest BCUT2D eigenvalue weighted by atomic mass is 35.5. The smallest absolute Gasteiger partial charge is 0.126 e. The Morgan fingerprint density at radius 2 is 2.15 bits per heavy atom. The van der Waals surface area contributed by atoms with Crippen LogP contribution in [-0.4, -0.2) is 29.1 Å². The molecule has 0 spiro atoms. The molecule has 2 N–H and O–H groups in total. The topological polar surface area (TPSA) is 49.8 Å². The minimum Gasteiger partial charge on any atom is -0.367 e. The maximum absolute atomic E-state index is 7.62. The zero-order valence-electron chi connectivity index (χ0n) is 12.1. The summed E-state index contributed by atoms with van der Waals surface area (Å²) < 4.78 is 7.62. The summed E-state index contributed by atoms with van der Waals surface area (Å²) in [6, 6.07) is 7.65. The number of nitrogens with zero attached hydrogens (tertiary/aromatic N) is 2. The highest BCUT2D eigenvalue weighted by molar-refractivity contribution is 6.33. The van der Waals surface area contributed by atoms with Crippen molar-refractivity contribution in [1.82, 2.24) is 15.3 Å². The Bertz CT molecular complexity index is 629. The lowest BCUT2D eigenvalue weighted by Gasteiger charge is -2.24. The molecule has 2 aromatic heterocycles. The number of pyridine rings is 2. The molecule has 5 heteroatoms. The van der Waals surface area contributed by atoms with E-state index in [1.165, 1.54) is 0 Å². The Labute approximate surface area is 125 Å². The van der Waals surface area contributed by atoms with Crippen molar-refractivity contribution in [2.45, 2.75) is 18.9 Å². The standard InChI is InChI=1S/C15H17ClN4/c16-13-10-19-15(20-11-4-7-17-8-5-11)9-12(13)14-3-1-2-6-18-14/h1-3,6,9-11,17H,4-5,7-8H2,(H,19,20)/i6D. The lowest BCUT2D eigenvalue weighted by molar-refractivity contribution is 0.478. The second kappa shape index (κ2) is 6.20. The monoisotopic (exact) mass is 289 g/mol. The van der Waals surface area contributed by atoms with Crippen molar-refractivity contribution in [2.75, 3.05) is 18.4 Å². The molecule has 3 heterocycles. The fourth-order valence-corrected chi connectivity index (χ4v) is 2.57. The van der Waals surface area contributed by atoms with Gasteiger partial charge in [0.25, 0.3) is 0 Å². The van der Waals surface area contributed by atoms with Crippen LogP contribution in [0.5, 0.6) is 0 Å². The SMILES string of the molecule is [2H]c1cccc(-c2cc(NC3CCNCC3)ncc2Cl)n1. The number of rotatable bonds is 3. The first-order valence-corrected chi connectivity index (χ1v) is 7.17. The zero-order valence-corrected chi connectivity index (χ0v) is 11.8. The van der Waals surface area contributed by atoms with Gasteiger partial charge >= 0.3 is 0 Å². The summed E-state index contributed by atoms with van der Waals surface area (Å²) in [7, 11) is 0. The summed E-state index contributed by atoms with van der Waals surface area (Å²) in [6.07, 6.45) is 4.03. The Morgan fingerprint density at radius 3 is 2.95 bits per heavy atom. The van der Waals surface area contributed by atoms with Crippen molar-refractivity contribution in [1.29, 1.82) is 0 Å². The fourth-order valence-electron chi connectivity index (χ4n) is 2.37. The summed E-state index contributed by atoms with van der Waals surface area (Å²) in [5.74, 6) is 0.804. The molecule has 0 aromatic carbocycles. The van der Waals surface area contributed by atoms with E-state index in [4.69, 9.17) is 13.0 Å². The van der Waals surface area contributed by atoms with Gasteiger partial charge in [0.05, 0.1) is 12.1 Å². The molecule has 0 radical (unpaired) electrons. The van der Waals surface area contributed by atoms with E-state index in [-0.39, 0.29) is 6.17 Å². The van der Waals surface area contributed by atoms with Gasteiger partial charge in [-0.05, 0) is 44.1 Å². The van der Waals surface area contributed by atoms with E-state index in [2.05, 4.69) is 20.6 Å². The summed E-state index contributed by atoms with van der Waals surface area (Å²) in [6.45, 7) is 2.06. The van der Waals surface area contributed by atoms with Crippen LogP contribution >= 0.6 is 11.6 Å². The zero-order chi connectivity index (χ0) is 14.7. The van der Waals surface area contributed by atoms with Crippen LogP contribution in [0, 0.1) is 0 Å². The number of anilines is 1. The minimum atomic E-state index is 0.230. The Balaban J connectivity index is 1.85. The predicted molar refractivity (Wildman–Crippen MR) is 82.0 cm³/mol. The van der Waals surface area contributed by atoms with Gasteiger partial charge in [-0.15, -0.1) is 0 Å². The summed E-state index contributed by atoms with van der Waals surface area (Å²) in [4.78, 5) is 8.55. The summed E-state index contributed by atoms with van der Waals surface area (Å²) >= 11 is 6.22. The van der Waals surface area contributed by atoms with Gasteiger partial charge in [-0.1, -0.05) is 17.7 Å². The van der Waals surface area contributed by atoms with Crippen molar-refractivity contribution >= 4 is 17.4 Å². The first-order valence-electron chi connectivity index (χ1n) is 7.29. The van der Waals surface area contributed by atoms with Crippen LogP contribution < -0.4 is 10.6 Å². The Kier molecular flexibility index (Phi) is 3.76. The first kappa shape index (κ1) is 12.1. The predicted octanol–water partition coefficient (Wildman–Crippen LogP) is 2.96. The van der Waals surface area contributed by atoms with E-state index in [1.807, 2.05) is 12.1 Å². The van der Waals surface area contributed by atoms with Gasteiger partial charge in [0.1, 0.15) is 5.82 Å². The van der Waals surface area contributed by atoms with Crippen molar-refractivity contribution in [3.8, 4) is 11.3 Å². The maximum Gasteiger partial charge on any atom is 0.126 e. The number of hydrogen-bond acceptors (Lipinski definition) is 4. The van der Waals surface area contributed by atoms with Crippen molar-refractivity contribution in [3.63, 3.8) is 0 Å². The van der Waals surface area contributed by atoms with Crippen LogP contribution in [0.1, 0.15) is 14.2 Å². The van der Waals surface area contributed by atoms with Gasteiger partial charge in [-0.2, -0.15) is 0 Å². The molecule has 104 valence electrons. The average Bonchev–Trinajstić information content (AvgIpc) is 2.50. The fraction of sp³-hybridized carbons (Fsp3) is 0.333. The lowest BCUT2D eigenvalue weighted by atomic mass is 10.1. The average molecular weight is 290 g/mol. The number of halogens is 1. The summed E-state index contributed by atoms with van der Waals surface area (Å²) in [5.41, 5.74) is 1.50. The molecular formula is C15H17ClN4. The molecule has 0 unspecified atom stereocenters. The van der Waals surface area contributed by atoms with Crippen LogP contribution in [0.3, 0.4) is 0 Å². The van der Waals surface area contributed by atoms with E-state index in [0.717, 1.165) is 37.3 Å². The molecule has 20 heavy (non-hydrogen) atoms. The molecule has 0 saturated carbocycles. The third-order valence-corrected chi connectivity index (χ3v) is 3.73. The van der Waals surface area contributed by atoms with Gasteiger partial charge in [0, 0.05) is 24.0 Å². The number of aromatic nitrogens is 2. The number of piperidine rings is 1. The normalized spacial score (nSPS) is 16.8. The summed E-state index contributed by atoms with van der Waals surface area (Å²) in [5, 5.41) is 7.33. The van der Waals surface area contributed by atoms with Crippen LogP contribution in [0.2, 0.25) is 5.02 Å². The van der Waals surface area contributed by atoms with Crippen LogP contribution in [0.4, 0.5) is 5.82 Å². The first-order chi connectivity index (χ1) is 10.2. The number of hydrogen-bond donors (Lipinski definition) is 2. The van der Waals surface area contributed by atoms with Crippen molar-refractivity contribution in [2.24, 2.45) is 0 Å². The molecular weight excluding hydrogens is 272 g/mol. The Morgan fingerprint density at radius 1 is 1.30 bits per heavy atom. The van der Waals surface area contributed by atoms with Crippen LogP contribution in [0.15, 0.2) is 36.6 Å².